The Hall–Kier alpha value is -2.36. The molecule has 0 saturated carbocycles. The van der Waals surface area contributed by atoms with Gasteiger partial charge >= 0.3 is 6.18 Å². The molecular weight excluding hydrogens is 341 g/mol. The molecule has 10 heteroatoms. The number of nitrogens with one attached hydrogen (secondary N) is 2. The normalized spacial score (nSPS) is 15.2. The van der Waals surface area contributed by atoms with Crippen LogP contribution in [0.15, 0.2) is 18.2 Å². The summed E-state index contributed by atoms with van der Waals surface area (Å²) in [5, 5.41) is 16.3. The Kier molecular flexibility index (Phi) is 6.18. The molecule has 0 radical (unpaired) electrons. The van der Waals surface area contributed by atoms with Crippen LogP contribution in [0.1, 0.15) is 18.4 Å². The molecule has 7 nitrogen and oxygen atoms in total. The average Bonchev–Trinajstić information content (AvgIpc) is 3.03. The molecule has 1 aromatic rings. The highest BCUT2D eigenvalue weighted by Crippen LogP contribution is 2.34. The fourth-order valence-electron chi connectivity index (χ4n) is 2.61. The number of benzene rings is 1. The Morgan fingerprint density at radius 2 is 1.92 bits per heavy atom. The van der Waals surface area contributed by atoms with Crippen LogP contribution in [0.4, 0.5) is 24.5 Å². The molecule has 0 atom stereocenters. The van der Waals surface area contributed by atoms with E-state index in [1.807, 2.05) is 4.90 Å². The number of likely N-dealkylation sites (tertiary alicyclic amines) is 1. The second-order valence-electron chi connectivity index (χ2n) is 5.75. The fourth-order valence-corrected chi connectivity index (χ4v) is 2.61. The number of hydrogen-bond donors (Lipinski definition) is 2. The highest BCUT2D eigenvalue weighted by Gasteiger charge is 2.33. The monoisotopic (exact) mass is 360 g/mol. The van der Waals surface area contributed by atoms with Gasteiger partial charge in [-0.3, -0.25) is 19.8 Å². The number of alkyl halides is 3. The van der Waals surface area contributed by atoms with Gasteiger partial charge in [0.1, 0.15) is 5.69 Å². The summed E-state index contributed by atoms with van der Waals surface area (Å²) in [5.41, 5.74) is -1.76. The highest BCUT2D eigenvalue weighted by molar-refractivity contribution is 5.78. The number of nitro benzene ring substituents is 1. The SMILES string of the molecule is O=C(CN1CCCC1)NCCNc1ccc(C(F)(F)F)cc1[N+](=O)[O-]. The Morgan fingerprint density at radius 3 is 2.52 bits per heavy atom. The van der Waals surface area contributed by atoms with Gasteiger partial charge < -0.3 is 10.6 Å². The van der Waals surface area contributed by atoms with Gasteiger partial charge in [0.05, 0.1) is 17.0 Å². The molecule has 0 spiro atoms. The molecule has 1 fully saturated rings. The molecule has 1 saturated heterocycles. The molecule has 1 aromatic carbocycles. The third-order valence-electron chi connectivity index (χ3n) is 3.85. The molecule has 1 aliphatic rings. The van der Waals surface area contributed by atoms with E-state index in [0.29, 0.717) is 12.6 Å². The number of carbonyl (C=O) groups is 1. The summed E-state index contributed by atoms with van der Waals surface area (Å²) in [6.07, 6.45) is -2.49. The summed E-state index contributed by atoms with van der Waals surface area (Å²) < 4.78 is 37.9. The minimum Gasteiger partial charge on any atom is -0.378 e. The predicted octanol–water partition coefficient (Wildman–Crippen LogP) is 2.24. The maximum Gasteiger partial charge on any atom is 0.416 e. The first-order valence-corrected chi connectivity index (χ1v) is 7.86. The number of halogens is 3. The minimum atomic E-state index is -4.65. The van der Waals surface area contributed by atoms with Crippen molar-refractivity contribution in [3.05, 3.63) is 33.9 Å². The molecule has 2 rings (SSSR count). The van der Waals surface area contributed by atoms with Crippen LogP contribution in [0.5, 0.6) is 0 Å². The van der Waals surface area contributed by atoms with Crippen LogP contribution in [-0.2, 0) is 11.0 Å². The number of hydrogen-bond acceptors (Lipinski definition) is 5. The van der Waals surface area contributed by atoms with Crippen molar-refractivity contribution in [3.63, 3.8) is 0 Å². The van der Waals surface area contributed by atoms with Crippen molar-refractivity contribution in [2.75, 3.05) is 38.0 Å². The Labute approximate surface area is 142 Å². The molecule has 25 heavy (non-hydrogen) atoms. The van der Waals surface area contributed by atoms with E-state index in [-0.39, 0.29) is 24.7 Å². The predicted molar refractivity (Wildman–Crippen MR) is 85.3 cm³/mol. The molecular formula is C15H19F3N4O3. The largest absolute Gasteiger partial charge is 0.416 e. The first-order valence-electron chi connectivity index (χ1n) is 7.86. The van der Waals surface area contributed by atoms with E-state index in [4.69, 9.17) is 0 Å². The van der Waals surface area contributed by atoms with Gasteiger partial charge in [-0.25, -0.2) is 0 Å². The van der Waals surface area contributed by atoms with Gasteiger partial charge in [0.25, 0.3) is 5.69 Å². The van der Waals surface area contributed by atoms with Gasteiger partial charge in [0, 0.05) is 19.2 Å². The van der Waals surface area contributed by atoms with Gasteiger partial charge in [-0.2, -0.15) is 13.2 Å². The smallest absolute Gasteiger partial charge is 0.378 e. The van der Waals surface area contributed by atoms with E-state index in [1.165, 1.54) is 0 Å². The van der Waals surface area contributed by atoms with Crippen LogP contribution in [0, 0.1) is 10.1 Å². The van der Waals surface area contributed by atoms with Gasteiger partial charge in [0.15, 0.2) is 0 Å². The summed E-state index contributed by atoms with van der Waals surface area (Å²) in [4.78, 5) is 23.8. The zero-order valence-corrected chi connectivity index (χ0v) is 13.4. The van der Waals surface area contributed by atoms with Crippen molar-refractivity contribution in [2.45, 2.75) is 19.0 Å². The average molecular weight is 360 g/mol. The lowest BCUT2D eigenvalue weighted by molar-refractivity contribution is -0.384. The standard InChI is InChI=1S/C15H19F3N4O3/c16-15(17,18)11-3-4-12(13(9-11)22(24)25)19-5-6-20-14(23)10-21-7-1-2-8-21/h3-4,9,19H,1-2,5-8,10H2,(H,20,23). The van der Waals surface area contributed by atoms with Crippen molar-refractivity contribution < 1.29 is 22.9 Å². The first-order chi connectivity index (χ1) is 11.8. The van der Waals surface area contributed by atoms with Crippen molar-refractivity contribution in [3.8, 4) is 0 Å². The van der Waals surface area contributed by atoms with Crippen LogP contribution in [-0.4, -0.2) is 48.5 Å². The molecule has 0 unspecified atom stereocenters. The molecule has 0 aromatic heterocycles. The quantitative estimate of drug-likeness (QED) is 0.442. The fraction of sp³-hybridized carbons (Fsp3) is 0.533. The third kappa shape index (κ3) is 5.59. The second-order valence-corrected chi connectivity index (χ2v) is 5.75. The van der Waals surface area contributed by atoms with Crippen LogP contribution < -0.4 is 10.6 Å². The van der Waals surface area contributed by atoms with Crippen molar-refractivity contribution in [1.82, 2.24) is 10.2 Å². The van der Waals surface area contributed by atoms with E-state index in [2.05, 4.69) is 10.6 Å². The van der Waals surface area contributed by atoms with Crippen molar-refractivity contribution in [2.24, 2.45) is 0 Å². The number of amides is 1. The van der Waals surface area contributed by atoms with Gasteiger partial charge in [0.2, 0.25) is 5.91 Å². The van der Waals surface area contributed by atoms with Crippen molar-refractivity contribution in [1.29, 1.82) is 0 Å². The number of rotatable bonds is 7. The van der Waals surface area contributed by atoms with Gasteiger partial charge in [-0.1, -0.05) is 0 Å². The van der Waals surface area contributed by atoms with Gasteiger partial charge in [-0.05, 0) is 38.1 Å². The summed E-state index contributed by atoms with van der Waals surface area (Å²) in [7, 11) is 0. The van der Waals surface area contributed by atoms with Gasteiger partial charge in [-0.15, -0.1) is 0 Å². The number of nitrogens with zero attached hydrogens (tertiary/aromatic N) is 2. The lowest BCUT2D eigenvalue weighted by atomic mass is 10.1. The summed E-state index contributed by atoms with van der Waals surface area (Å²) in [5.74, 6) is -0.148. The summed E-state index contributed by atoms with van der Waals surface area (Å²) in [6, 6.07) is 2.29. The first kappa shape index (κ1) is 19.0. The molecule has 1 heterocycles. The topological polar surface area (TPSA) is 87.5 Å². The number of nitro groups is 1. The Morgan fingerprint density at radius 1 is 1.24 bits per heavy atom. The molecule has 0 aliphatic carbocycles. The second kappa shape index (κ2) is 8.15. The molecule has 1 amide bonds. The number of anilines is 1. The van der Waals surface area contributed by atoms with Crippen LogP contribution in [0.2, 0.25) is 0 Å². The van der Waals surface area contributed by atoms with Crippen LogP contribution in [0.25, 0.3) is 0 Å². The van der Waals surface area contributed by atoms with E-state index in [9.17, 15) is 28.1 Å². The molecule has 0 bridgehead atoms. The molecule has 1 aliphatic heterocycles. The maximum absolute atomic E-state index is 12.6. The molecule has 138 valence electrons. The maximum atomic E-state index is 12.6. The summed E-state index contributed by atoms with van der Waals surface area (Å²) >= 11 is 0. The van der Waals surface area contributed by atoms with E-state index in [1.54, 1.807) is 0 Å². The zero-order valence-electron chi connectivity index (χ0n) is 13.4. The number of carbonyl (C=O) groups excluding carboxylic acids is 1. The van der Waals surface area contributed by atoms with E-state index in [0.717, 1.165) is 38.1 Å². The van der Waals surface area contributed by atoms with E-state index < -0.39 is 22.4 Å². The van der Waals surface area contributed by atoms with Crippen LogP contribution >= 0.6 is 0 Å². The Balaban J connectivity index is 1.85. The highest BCUT2D eigenvalue weighted by atomic mass is 19.4. The Bertz CT molecular complexity index is 631. The third-order valence-corrected chi connectivity index (χ3v) is 3.85. The van der Waals surface area contributed by atoms with Crippen molar-refractivity contribution >= 4 is 17.3 Å². The molecule has 2 N–H and O–H groups in total. The summed E-state index contributed by atoms with van der Waals surface area (Å²) in [6.45, 7) is 2.47. The minimum absolute atomic E-state index is 0.0215. The van der Waals surface area contributed by atoms with E-state index >= 15 is 0 Å². The lowest BCUT2D eigenvalue weighted by Gasteiger charge is -2.14. The zero-order chi connectivity index (χ0) is 18.4. The lowest BCUT2D eigenvalue weighted by Crippen LogP contribution is -2.37. The van der Waals surface area contributed by atoms with Crippen LogP contribution in [0.3, 0.4) is 0 Å².